The maximum atomic E-state index is 12.9. The molecule has 0 radical (unpaired) electrons. The topological polar surface area (TPSA) is 34.1 Å². The van der Waals surface area contributed by atoms with E-state index in [1.165, 1.54) is 0 Å². The minimum atomic E-state index is -0.0395. The Morgan fingerprint density at radius 3 is 1.56 bits per heavy atom. The van der Waals surface area contributed by atoms with Crippen molar-refractivity contribution in [3.05, 3.63) is 106 Å². The van der Waals surface area contributed by atoms with E-state index in [0.717, 1.165) is 22.3 Å². The lowest BCUT2D eigenvalue weighted by molar-refractivity contribution is 0.102. The third kappa shape index (κ3) is 3.43. The molecule has 0 saturated heterocycles. The van der Waals surface area contributed by atoms with Crippen molar-refractivity contribution in [3.63, 3.8) is 0 Å². The van der Waals surface area contributed by atoms with Gasteiger partial charge >= 0.3 is 0 Å². The Balaban J connectivity index is 1.91. The smallest absolute Gasteiger partial charge is 0.193 e. The molecule has 0 fully saturated rings. The normalized spacial score (nSPS) is 10.5. The predicted octanol–water partition coefficient (Wildman–Crippen LogP) is 5.07. The van der Waals surface area contributed by atoms with Crippen molar-refractivity contribution in [2.24, 2.45) is 0 Å². The summed E-state index contributed by atoms with van der Waals surface area (Å²) in [7, 11) is 0. The summed E-state index contributed by atoms with van der Waals surface area (Å²) in [6.07, 6.45) is 0. The highest BCUT2D eigenvalue weighted by Crippen LogP contribution is 2.21. The number of carbonyl (C=O) groups excluding carboxylic acids is 2. The molecule has 0 spiro atoms. The molecule has 3 aromatic carbocycles. The van der Waals surface area contributed by atoms with Gasteiger partial charge in [-0.1, -0.05) is 72.3 Å². The van der Waals surface area contributed by atoms with Crippen LogP contribution in [0, 0.1) is 20.8 Å². The van der Waals surface area contributed by atoms with Crippen LogP contribution in [0.1, 0.15) is 48.5 Å². The van der Waals surface area contributed by atoms with E-state index in [-0.39, 0.29) is 11.6 Å². The summed E-state index contributed by atoms with van der Waals surface area (Å²) in [6.45, 7) is 5.94. The molecule has 0 bridgehead atoms. The highest BCUT2D eigenvalue weighted by Gasteiger charge is 2.16. The van der Waals surface area contributed by atoms with Gasteiger partial charge < -0.3 is 0 Å². The monoisotopic (exact) mass is 328 g/mol. The lowest BCUT2D eigenvalue weighted by atomic mass is 9.92. The van der Waals surface area contributed by atoms with E-state index in [9.17, 15) is 9.59 Å². The van der Waals surface area contributed by atoms with Crippen molar-refractivity contribution in [2.45, 2.75) is 20.8 Å². The van der Waals surface area contributed by atoms with E-state index in [0.29, 0.717) is 16.7 Å². The van der Waals surface area contributed by atoms with E-state index in [1.807, 2.05) is 51.1 Å². The molecule has 0 aliphatic heterocycles. The van der Waals surface area contributed by atoms with Crippen LogP contribution in [0.25, 0.3) is 0 Å². The molecule has 3 aromatic rings. The molecule has 0 aromatic heterocycles. The molecular formula is C23H20O2. The Morgan fingerprint density at radius 2 is 1.04 bits per heavy atom. The minimum absolute atomic E-state index is 0.00582. The number of benzene rings is 3. The second kappa shape index (κ2) is 6.86. The van der Waals surface area contributed by atoms with E-state index in [4.69, 9.17) is 0 Å². The Morgan fingerprint density at radius 1 is 0.600 bits per heavy atom. The van der Waals surface area contributed by atoms with Crippen molar-refractivity contribution in [1.29, 1.82) is 0 Å². The molecule has 124 valence electrons. The summed E-state index contributed by atoms with van der Waals surface area (Å²) >= 11 is 0. The van der Waals surface area contributed by atoms with Crippen LogP contribution in [0.2, 0.25) is 0 Å². The molecule has 2 heteroatoms. The standard InChI is InChI=1S/C23H20O2/c1-15-13-16(2)21(17(3)14-15)23(25)20-11-9-19(10-12-20)22(24)18-7-5-4-6-8-18/h4-14H,1-3H3. The summed E-state index contributed by atoms with van der Waals surface area (Å²) < 4.78 is 0. The molecular weight excluding hydrogens is 308 g/mol. The van der Waals surface area contributed by atoms with Gasteiger partial charge in [0.05, 0.1) is 0 Å². The first kappa shape index (κ1) is 16.8. The van der Waals surface area contributed by atoms with Crippen molar-refractivity contribution in [1.82, 2.24) is 0 Å². The maximum Gasteiger partial charge on any atom is 0.193 e. The fourth-order valence-corrected chi connectivity index (χ4v) is 3.21. The molecule has 3 rings (SSSR count). The molecule has 25 heavy (non-hydrogen) atoms. The van der Waals surface area contributed by atoms with E-state index < -0.39 is 0 Å². The zero-order chi connectivity index (χ0) is 18.0. The quantitative estimate of drug-likeness (QED) is 0.626. The summed E-state index contributed by atoms with van der Waals surface area (Å²) in [5, 5.41) is 0. The third-order valence-electron chi connectivity index (χ3n) is 4.35. The maximum absolute atomic E-state index is 12.9. The van der Waals surface area contributed by atoms with Crippen LogP contribution >= 0.6 is 0 Å². The highest BCUT2D eigenvalue weighted by atomic mass is 16.1. The molecule has 2 nitrogen and oxygen atoms in total. The fourth-order valence-electron chi connectivity index (χ4n) is 3.21. The first-order valence-electron chi connectivity index (χ1n) is 8.29. The van der Waals surface area contributed by atoms with Gasteiger partial charge in [0.1, 0.15) is 0 Å². The van der Waals surface area contributed by atoms with Gasteiger partial charge in [0.2, 0.25) is 0 Å². The molecule has 0 atom stereocenters. The fraction of sp³-hybridized carbons (Fsp3) is 0.130. The molecule has 0 unspecified atom stereocenters. The van der Waals surface area contributed by atoms with E-state index in [2.05, 4.69) is 0 Å². The summed E-state index contributed by atoms with van der Waals surface area (Å²) in [6, 6.07) is 20.1. The van der Waals surface area contributed by atoms with Gasteiger partial charge in [0.15, 0.2) is 11.6 Å². The van der Waals surface area contributed by atoms with Crippen molar-refractivity contribution < 1.29 is 9.59 Å². The van der Waals surface area contributed by atoms with Crippen LogP contribution < -0.4 is 0 Å². The number of hydrogen-bond donors (Lipinski definition) is 0. The summed E-state index contributed by atoms with van der Waals surface area (Å²) in [5.74, 6) is -0.0454. The van der Waals surface area contributed by atoms with Crippen molar-refractivity contribution in [3.8, 4) is 0 Å². The predicted molar refractivity (Wildman–Crippen MR) is 100 cm³/mol. The van der Waals surface area contributed by atoms with Crippen LogP contribution in [-0.2, 0) is 0 Å². The lowest BCUT2D eigenvalue weighted by Gasteiger charge is -2.11. The average Bonchev–Trinajstić information content (AvgIpc) is 2.61. The van der Waals surface area contributed by atoms with Crippen molar-refractivity contribution in [2.75, 3.05) is 0 Å². The Kier molecular flexibility index (Phi) is 4.62. The first-order valence-corrected chi connectivity index (χ1v) is 8.29. The molecule has 0 aliphatic rings. The van der Waals surface area contributed by atoms with Gasteiger partial charge in [-0.05, 0) is 31.9 Å². The largest absolute Gasteiger partial charge is 0.289 e. The summed E-state index contributed by atoms with van der Waals surface area (Å²) in [5.41, 5.74) is 5.67. The number of aryl methyl sites for hydroxylation is 3. The van der Waals surface area contributed by atoms with Crippen LogP contribution in [0.3, 0.4) is 0 Å². The Labute approximate surface area is 148 Å². The van der Waals surface area contributed by atoms with E-state index >= 15 is 0 Å². The minimum Gasteiger partial charge on any atom is -0.289 e. The van der Waals surface area contributed by atoms with Gasteiger partial charge in [-0.2, -0.15) is 0 Å². The Hall–Kier alpha value is -3.00. The zero-order valence-corrected chi connectivity index (χ0v) is 14.7. The molecule has 0 saturated carbocycles. The number of carbonyl (C=O) groups is 2. The zero-order valence-electron chi connectivity index (χ0n) is 14.7. The average molecular weight is 328 g/mol. The molecule has 0 heterocycles. The van der Waals surface area contributed by atoms with Crippen molar-refractivity contribution >= 4 is 11.6 Å². The Bertz CT molecular complexity index is 913. The van der Waals surface area contributed by atoms with Gasteiger partial charge in [-0.25, -0.2) is 0 Å². The van der Waals surface area contributed by atoms with Crippen LogP contribution in [-0.4, -0.2) is 11.6 Å². The van der Waals surface area contributed by atoms with Crippen LogP contribution in [0.15, 0.2) is 66.7 Å². The lowest BCUT2D eigenvalue weighted by Crippen LogP contribution is -2.08. The van der Waals surface area contributed by atoms with Gasteiger partial charge in [-0.15, -0.1) is 0 Å². The van der Waals surface area contributed by atoms with Gasteiger partial charge in [0.25, 0.3) is 0 Å². The van der Waals surface area contributed by atoms with Gasteiger partial charge in [0, 0.05) is 22.3 Å². The highest BCUT2D eigenvalue weighted by molar-refractivity contribution is 6.12. The SMILES string of the molecule is Cc1cc(C)c(C(=O)c2ccc(C(=O)c3ccccc3)cc2)c(C)c1. The van der Waals surface area contributed by atoms with Crippen LogP contribution in [0.5, 0.6) is 0 Å². The first-order chi connectivity index (χ1) is 12.0. The van der Waals surface area contributed by atoms with E-state index in [1.54, 1.807) is 36.4 Å². The number of hydrogen-bond acceptors (Lipinski definition) is 2. The van der Waals surface area contributed by atoms with Crippen LogP contribution in [0.4, 0.5) is 0 Å². The molecule has 0 aliphatic carbocycles. The second-order valence-corrected chi connectivity index (χ2v) is 6.38. The van der Waals surface area contributed by atoms with Gasteiger partial charge in [-0.3, -0.25) is 9.59 Å². The second-order valence-electron chi connectivity index (χ2n) is 6.38. The number of ketones is 2. The molecule has 0 amide bonds. The third-order valence-corrected chi connectivity index (χ3v) is 4.35. The molecule has 0 N–H and O–H groups in total. The number of rotatable bonds is 4. The summed E-state index contributed by atoms with van der Waals surface area (Å²) in [4.78, 5) is 25.3.